The summed E-state index contributed by atoms with van der Waals surface area (Å²) >= 11 is 0. The molecule has 0 saturated heterocycles. The van der Waals surface area contributed by atoms with Gasteiger partial charge in [-0.2, -0.15) is 0 Å². The van der Waals surface area contributed by atoms with Crippen LogP contribution in [0.4, 0.5) is 0 Å². The Labute approximate surface area is 173 Å². The van der Waals surface area contributed by atoms with Gasteiger partial charge in [-0.05, 0) is 35.0 Å². The Morgan fingerprint density at radius 2 is 1.73 bits per heavy atom. The highest BCUT2D eigenvalue weighted by Crippen LogP contribution is 2.30. The van der Waals surface area contributed by atoms with Crippen LogP contribution >= 0.6 is 0 Å². The fourth-order valence-electron chi connectivity index (χ4n) is 3.20. The molecule has 1 N–H and O–H groups in total. The maximum absolute atomic E-state index is 12.5. The summed E-state index contributed by atoms with van der Waals surface area (Å²) in [6.07, 6.45) is -0.319. The van der Waals surface area contributed by atoms with Crippen molar-refractivity contribution in [2.24, 2.45) is 0 Å². The van der Waals surface area contributed by atoms with E-state index in [9.17, 15) is 9.59 Å². The van der Waals surface area contributed by atoms with Gasteiger partial charge in [0.15, 0.2) is 18.1 Å². The van der Waals surface area contributed by atoms with Gasteiger partial charge in [0.05, 0.1) is 13.7 Å². The lowest BCUT2D eigenvalue weighted by Gasteiger charge is -2.26. The summed E-state index contributed by atoms with van der Waals surface area (Å²) in [5, 5.41) is 4.52. The highest BCUT2D eigenvalue weighted by Gasteiger charge is 2.22. The SMILES string of the molecule is COc1cc2ccccc2cc1C(=O)OCC(=O)NC[C@H]1COc2ccccc2O1. The normalized spacial score (nSPS) is 14.8. The Kier molecular flexibility index (Phi) is 5.70. The predicted molar refractivity (Wildman–Crippen MR) is 110 cm³/mol. The second kappa shape index (κ2) is 8.73. The van der Waals surface area contributed by atoms with E-state index in [4.69, 9.17) is 18.9 Å². The first-order valence-corrected chi connectivity index (χ1v) is 9.53. The van der Waals surface area contributed by atoms with E-state index in [1.807, 2.05) is 48.5 Å². The average molecular weight is 407 g/mol. The van der Waals surface area contributed by atoms with Gasteiger partial charge in [0, 0.05) is 0 Å². The number of carbonyl (C=O) groups is 2. The van der Waals surface area contributed by atoms with Crippen LogP contribution in [0.1, 0.15) is 10.4 Å². The largest absolute Gasteiger partial charge is 0.496 e. The van der Waals surface area contributed by atoms with Gasteiger partial charge >= 0.3 is 5.97 Å². The van der Waals surface area contributed by atoms with Crippen LogP contribution < -0.4 is 19.5 Å². The molecule has 1 aliphatic heterocycles. The topological polar surface area (TPSA) is 83.1 Å². The molecule has 7 nitrogen and oxygen atoms in total. The van der Waals surface area contributed by atoms with Crippen molar-refractivity contribution in [3.05, 3.63) is 66.2 Å². The standard InChI is InChI=1S/C23H21NO6/c1-27-21-11-16-7-3-2-6-15(16)10-18(21)23(26)29-14-22(25)24-12-17-13-28-19-8-4-5-9-20(19)30-17/h2-11,17H,12-14H2,1H3,(H,24,25)/t17-/m0/s1. The molecule has 3 aromatic rings. The van der Waals surface area contributed by atoms with Crippen molar-refractivity contribution in [1.82, 2.24) is 5.32 Å². The summed E-state index contributed by atoms with van der Waals surface area (Å²) in [6.45, 7) is 0.161. The van der Waals surface area contributed by atoms with Crippen molar-refractivity contribution in [3.63, 3.8) is 0 Å². The molecule has 0 aromatic heterocycles. The second-order valence-electron chi connectivity index (χ2n) is 6.78. The van der Waals surface area contributed by atoms with Crippen LogP contribution in [-0.2, 0) is 9.53 Å². The number of hydrogen-bond donors (Lipinski definition) is 1. The number of benzene rings is 3. The number of rotatable bonds is 6. The van der Waals surface area contributed by atoms with Crippen molar-refractivity contribution in [2.45, 2.75) is 6.10 Å². The lowest BCUT2D eigenvalue weighted by molar-refractivity contribution is -0.124. The number of amides is 1. The molecular formula is C23H21NO6. The smallest absolute Gasteiger partial charge is 0.342 e. The van der Waals surface area contributed by atoms with E-state index < -0.39 is 18.5 Å². The molecule has 154 valence electrons. The summed E-state index contributed by atoms with van der Waals surface area (Å²) in [5.74, 6) is 0.659. The summed E-state index contributed by atoms with van der Waals surface area (Å²) in [5.41, 5.74) is 0.268. The monoisotopic (exact) mass is 407 g/mol. The average Bonchev–Trinajstić information content (AvgIpc) is 2.80. The lowest BCUT2D eigenvalue weighted by atomic mass is 10.1. The Bertz CT molecular complexity index is 1080. The van der Waals surface area contributed by atoms with E-state index in [2.05, 4.69) is 5.32 Å². The van der Waals surface area contributed by atoms with Crippen molar-refractivity contribution < 1.29 is 28.5 Å². The van der Waals surface area contributed by atoms with Gasteiger partial charge < -0.3 is 24.3 Å². The third-order valence-electron chi connectivity index (χ3n) is 4.72. The first-order chi connectivity index (χ1) is 14.6. The first-order valence-electron chi connectivity index (χ1n) is 9.53. The molecule has 30 heavy (non-hydrogen) atoms. The third kappa shape index (κ3) is 4.30. The Morgan fingerprint density at radius 1 is 1.03 bits per heavy atom. The van der Waals surface area contributed by atoms with E-state index in [-0.39, 0.29) is 18.2 Å². The molecule has 0 unspecified atom stereocenters. The number of ether oxygens (including phenoxy) is 4. The minimum Gasteiger partial charge on any atom is -0.496 e. The number of esters is 1. The van der Waals surface area contributed by atoms with Gasteiger partial charge in [0.1, 0.15) is 24.0 Å². The zero-order valence-corrected chi connectivity index (χ0v) is 16.4. The Morgan fingerprint density at radius 3 is 2.50 bits per heavy atom. The molecule has 1 aliphatic rings. The third-order valence-corrected chi connectivity index (χ3v) is 4.72. The van der Waals surface area contributed by atoms with Crippen molar-refractivity contribution in [2.75, 3.05) is 26.9 Å². The maximum Gasteiger partial charge on any atom is 0.342 e. The van der Waals surface area contributed by atoms with Crippen LogP contribution in [0.2, 0.25) is 0 Å². The van der Waals surface area contributed by atoms with E-state index in [1.165, 1.54) is 7.11 Å². The molecule has 0 saturated carbocycles. The predicted octanol–water partition coefficient (Wildman–Crippen LogP) is 2.96. The van der Waals surface area contributed by atoms with Crippen molar-refractivity contribution in [3.8, 4) is 17.2 Å². The Balaban J connectivity index is 1.31. The van der Waals surface area contributed by atoms with E-state index >= 15 is 0 Å². The minimum atomic E-state index is -0.626. The molecule has 7 heteroatoms. The fourth-order valence-corrected chi connectivity index (χ4v) is 3.20. The number of nitrogens with one attached hydrogen (secondary N) is 1. The summed E-state index contributed by atoms with van der Waals surface area (Å²) < 4.78 is 21.9. The maximum atomic E-state index is 12.5. The van der Waals surface area contributed by atoms with Gasteiger partial charge in [-0.15, -0.1) is 0 Å². The quantitative estimate of drug-likeness (QED) is 0.633. The molecule has 3 aromatic carbocycles. The molecule has 0 aliphatic carbocycles. The Hall–Kier alpha value is -3.74. The molecule has 0 radical (unpaired) electrons. The second-order valence-corrected chi connectivity index (χ2v) is 6.78. The fraction of sp³-hybridized carbons (Fsp3) is 0.217. The summed E-state index contributed by atoms with van der Waals surface area (Å²) in [4.78, 5) is 24.6. The van der Waals surface area contributed by atoms with Crippen molar-refractivity contribution >= 4 is 22.6 Å². The highest BCUT2D eigenvalue weighted by molar-refractivity contribution is 5.99. The highest BCUT2D eigenvalue weighted by atomic mass is 16.6. The van der Waals surface area contributed by atoms with Crippen LogP contribution in [0.25, 0.3) is 10.8 Å². The molecule has 0 fully saturated rings. The molecular weight excluding hydrogens is 386 g/mol. The van der Waals surface area contributed by atoms with Crippen molar-refractivity contribution in [1.29, 1.82) is 0 Å². The van der Waals surface area contributed by atoms with E-state index in [0.29, 0.717) is 23.9 Å². The number of methoxy groups -OCH3 is 1. The number of carbonyl (C=O) groups excluding carboxylic acids is 2. The number of para-hydroxylation sites is 2. The minimum absolute atomic E-state index is 0.240. The van der Waals surface area contributed by atoms with E-state index in [1.54, 1.807) is 12.1 Å². The molecule has 1 atom stereocenters. The van der Waals surface area contributed by atoms with Crippen LogP contribution in [0.15, 0.2) is 60.7 Å². The lowest BCUT2D eigenvalue weighted by Crippen LogP contribution is -2.42. The molecule has 1 heterocycles. The van der Waals surface area contributed by atoms with Crippen LogP contribution in [0.3, 0.4) is 0 Å². The zero-order chi connectivity index (χ0) is 20.9. The van der Waals surface area contributed by atoms with Crippen LogP contribution in [0, 0.1) is 0 Å². The zero-order valence-electron chi connectivity index (χ0n) is 16.4. The summed E-state index contributed by atoms with van der Waals surface area (Å²) in [6, 6.07) is 18.4. The van der Waals surface area contributed by atoms with Crippen LogP contribution in [-0.4, -0.2) is 44.8 Å². The number of hydrogen-bond acceptors (Lipinski definition) is 6. The summed E-state index contributed by atoms with van der Waals surface area (Å²) in [7, 11) is 1.48. The molecule has 0 bridgehead atoms. The number of fused-ring (bicyclic) bond motifs is 2. The molecule has 1 amide bonds. The van der Waals surface area contributed by atoms with Crippen LogP contribution in [0.5, 0.6) is 17.2 Å². The van der Waals surface area contributed by atoms with Gasteiger partial charge in [-0.3, -0.25) is 4.79 Å². The van der Waals surface area contributed by atoms with E-state index in [0.717, 1.165) is 10.8 Å². The van der Waals surface area contributed by atoms with Gasteiger partial charge in [0.2, 0.25) is 0 Å². The first kappa shape index (κ1) is 19.6. The van der Waals surface area contributed by atoms with Gasteiger partial charge in [-0.1, -0.05) is 36.4 Å². The molecule has 4 rings (SSSR count). The van der Waals surface area contributed by atoms with Gasteiger partial charge in [-0.25, -0.2) is 4.79 Å². The molecule has 0 spiro atoms. The van der Waals surface area contributed by atoms with Gasteiger partial charge in [0.25, 0.3) is 5.91 Å².